The number of amidine groups is 1. The van der Waals surface area contributed by atoms with Gasteiger partial charge in [-0.05, 0) is 42.9 Å². The molecule has 2 aliphatic carbocycles. The Morgan fingerprint density at radius 3 is 2.57 bits per heavy atom. The first-order valence-corrected chi connectivity index (χ1v) is 11.7. The summed E-state index contributed by atoms with van der Waals surface area (Å²) in [5.74, 6) is -0.736. The van der Waals surface area contributed by atoms with Crippen molar-refractivity contribution in [3.05, 3.63) is 35.6 Å². The number of rotatable bonds is 5. The van der Waals surface area contributed by atoms with E-state index in [1.165, 1.54) is 56.0 Å². The maximum atomic E-state index is 13.4. The third kappa shape index (κ3) is 4.50. The number of hydrogen-bond acceptors (Lipinski definition) is 5. The molecule has 4 N–H and O–H groups in total. The summed E-state index contributed by atoms with van der Waals surface area (Å²) >= 11 is 1.49. The molecule has 6 nitrogen and oxygen atoms in total. The van der Waals surface area contributed by atoms with Gasteiger partial charge in [0.15, 0.2) is 5.17 Å². The minimum absolute atomic E-state index is 0.158. The van der Waals surface area contributed by atoms with Crippen molar-refractivity contribution in [3.63, 3.8) is 0 Å². The first kappa shape index (κ1) is 21.6. The number of primary amides is 1. The summed E-state index contributed by atoms with van der Waals surface area (Å²) in [4.78, 5) is 19.0. The van der Waals surface area contributed by atoms with Crippen LogP contribution in [0.1, 0.15) is 44.1 Å². The second-order valence-corrected chi connectivity index (χ2v) is 9.90. The van der Waals surface area contributed by atoms with E-state index in [9.17, 15) is 19.4 Å². The quantitative estimate of drug-likeness (QED) is 0.659. The van der Waals surface area contributed by atoms with Crippen LogP contribution in [-0.4, -0.2) is 56.2 Å². The van der Waals surface area contributed by atoms with Gasteiger partial charge in [-0.25, -0.2) is 4.39 Å². The molecular weight excluding hydrogens is 405 g/mol. The van der Waals surface area contributed by atoms with E-state index in [0.717, 1.165) is 17.3 Å². The summed E-state index contributed by atoms with van der Waals surface area (Å²) in [6.07, 6.45) is 4.26. The minimum Gasteiger partial charge on any atom is -0.390 e. The zero-order valence-corrected chi connectivity index (χ0v) is 17.8. The Kier molecular flexibility index (Phi) is 6.65. The smallest absolute Gasteiger partial charge is 0.221 e. The van der Waals surface area contributed by atoms with Gasteiger partial charge in [0.05, 0.1) is 18.1 Å². The number of carbonyl (C=O) groups excluding carboxylic acids is 1. The van der Waals surface area contributed by atoms with Crippen molar-refractivity contribution in [2.75, 3.05) is 6.54 Å². The molecular formula is C22H30FN3O3S. The standard InChI is InChI=1S/C22H30FN3O3S/c23-15-8-6-14(7-9-15)12-26-18-19(28)17(27)10-16(21(24)29)20(18)30-22(26)25-11-13-4-2-1-3-5-13/h6-9,13,16-20,27-28H,1-5,10-12H2,(H2,24,29)/t16-,17+,18-,19-,20+/m0/s1. The Balaban J connectivity index is 1.62. The van der Waals surface area contributed by atoms with Crippen LogP contribution in [-0.2, 0) is 11.3 Å². The molecule has 0 bridgehead atoms. The summed E-state index contributed by atoms with van der Waals surface area (Å²) in [7, 11) is 0. The van der Waals surface area contributed by atoms with Crippen LogP contribution >= 0.6 is 11.8 Å². The number of amides is 1. The molecule has 0 spiro atoms. The largest absolute Gasteiger partial charge is 0.390 e. The molecule has 164 valence electrons. The number of fused-ring (bicyclic) bond motifs is 1. The highest BCUT2D eigenvalue weighted by molar-refractivity contribution is 8.14. The minimum atomic E-state index is -1.02. The lowest BCUT2D eigenvalue weighted by Gasteiger charge is -2.41. The lowest BCUT2D eigenvalue weighted by Crippen LogP contribution is -2.58. The van der Waals surface area contributed by atoms with Crippen LogP contribution in [0.3, 0.4) is 0 Å². The molecule has 0 unspecified atom stereocenters. The summed E-state index contributed by atoms with van der Waals surface area (Å²) in [5.41, 5.74) is 6.52. The van der Waals surface area contributed by atoms with Gasteiger partial charge in [-0.15, -0.1) is 0 Å². The third-order valence-corrected chi connectivity index (χ3v) is 8.11. The third-order valence-electron chi connectivity index (χ3n) is 6.66. The van der Waals surface area contributed by atoms with Gasteiger partial charge in [-0.2, -0.15) is 0 Å². The van der Waals surface area contributed by atoms with Gasteiger partial charge < -0.3 is 20.8 Å². The molecule has 2 saturated carbocycles. The number of aliphatic imine (C=N–C) groups is 1. The fraction of sp³-hybridized carbons (Fsp3) is 0.636. The molecule has 1 saturated heterocycles. The number of benzene rings is 1. The van der Waals surface area contributed by atoms with E-state index in [1.807, 2.05) is 4.90 Å². The van der Waals surface area contributed by atoms with Crippen LogP contribution in [0.25, 0.3) is 0 Å². The van der Waals surface area contributed by atoms with Gasteiger partial charge in [0.2, 0.25) is 5.91 Å². The predicted molar refractivity (Wildman–Crippen MR) is 115 cm³/mol. The predicted octanol–water partition coefficient (Wildman–Crippen LogP) is 2.28. The lowest BCUT2D eigenvalue weighted by molar-refractivity contribution is -0.128. The number of carbonyl (C=O) groups is 1. The van der Waals surface area contributed by atoms with Crippen LogP contribution < -0.4 is 5.73 Å². The molecule has 0 radical (unpaired) electrons. The molecule has 1 aromatic carbocycles. The molecule has 0 aromatic heterocycles. The van der Waals surface area contributed by atoms with Gasteiger partial charge in [0, 0.05) is 18.3 Å². The average Bonchev–Trinajstić information content (AvgIpc) is 3.09. The summed E-state index contributed by atoms with van der Waals surface area (Å²) in [6.45, 7) is 1.15. The number of nitrogens with two attached hydrogens (primary N) is 1. The van der Waals surface area contributed by atoms with Crippen molar-refractivity contribution in [2.45, 2.75) is 68.6 Å². The highest BCUT2D eigenvalue weighted by Crippen LogP contribution is 2.44. The maximum absolute atomic E-state index is 13.4. The first-order valence-electron chi connectivity index (χ1n) is 10.8. The molecule has 8 heteroatoms. The van der Waals surface area contributed by atoms with Crippen LogP contribution in [0.4, 0.5) is 4.39 Å². The van der Waals surface area contributed by atoms with Crippen molar-refractivity contribution in [1.82, 2.24) is 4.90 Å². The van der Waals surface area contributed by atoms with Crippen LogP contribution in [0, 0.1) is 17.7 Å². The topological polar surface area (TPSA) is 99.2 Å². The summed E-state index contributed by atoms with van der Waals surface area (Å²) in [5, 5.41) is 21.7. The van der Waals surface area contributed by atoms with Gasteiger partial charge in [-0.1, -0.05) is 43.2 Å². The molecule has 1 amide bonds. The van der Waals surface area contributed by atoms with Crippen LogP contribution in [0.15, 0.2) is 29.3 Å². The first-order chi connectivity index (χ1) is 14.4. The highest BCUT2D eigenvalue weighted by atomic mass is 32.2. The lowest BCUT2D eigenvalue weighted by atomic mass is 9.80. The molecule has 3 fully saturated rings. The van der Waals surface area contributed by atoms with Crippen molar-refractivity contribution >= 4 is 22.8 Å². The van der Waals surface area contributed by atoms with Crippen molar-refractivity contribution in [2.24, 2.45) is 22.6 Å². The van der Waals surface area contributed by atoms with Crippen LogP contribution in [0.2, 0.25) is 0 Å². The van der Waals surface area contributed by atoms with E-state index in [2.05, 4.69) is 0 Å². The molecule has 3 aliphatic rings. The Morgan fingerprint density at radius 2 is 1.90 bits per heavy atom. The highest BCUT2D eigenvalue weighted by Gasteiger charge is 2.54. The average molecular weight is 436 g/mol. The van der Waals surface area contributed by atoms with E-state index in [-0.39, 0.29) is 17.5 Å². The molecule has 5 atom stereocenters. The second kappa shape index (κ2) is 9.24. The van der Waals surface area contributed by atoms with Crippen molar-refractivity contribution < 1.29 is 19.4 Å². The van der Waals surface area contributed by atoms with Gasteiger partial charge in [0.25, 0.3) is 0 Å². The van der Waals surface area contributed by atoms with Crippen molar-refractivity contribution in [1.29, 1.82) is 0 Å². The monoisotopic (exact) mass is 435 g/mol. The van der Waals surface area contributed by atoms with E-state index >= 15 is 0 Å². The Labute approximate surface area is 180 Å². The number of aliphatic hydroxyl groups is 2. The number of aliphatic hydroxyl groups excluding tert-OH is 2. The fourth-order valence-corrected chi connectivity index (χ4v) is 6.54. The summed E-state index contributed by atoms with van der Waals surface area (Å²) in [6, 6.07) is 5.78. The van der Waals surface area contributed by atoms with E-state index < -0.39 is 30.1 Å². The van der Waals surface area contributed by atoms with Crippen molar-refractivity contribution in [3.8, 4) is 0 Å². The molecule has 1 heterocycles. The number of thioether (sulfide) groups is 1. The number of nitrogens with zero attached hydrogens (tertiary/aromatic N) is 2. The number of hydrogen-bond donors (Lipinski definition) is 3. The SMILES string of the molecule is NC(=O)[C@H]1C[C@@H](O)[C@H](O)[C@H]2[C@@H]1SC(=NCC1CCCCC1)N2Cc1ccc(F)cc1. The van der Waals surface area contributed by atoms with Gasteiger partial charge >= 0.3 is 0 Å². The molecule has 1 aliphatic heterocycles. The summed E-state index contributed by atoms with van der Waals surface area (Å²) < 4.78 is 13.4. The van der Waals surface area contributed by atoms with Gasteiger partial charge in [0.1, 0.15) is 11.9 Å². The van der Waals surface area contributed by atoms with E-state index in [1.54, 1.807) is 12.1 Å². The van der Waals surface area contributed by atoms with E-state index in [4.69, 9.17) is 10.7 Å². The normalized spacial score (nSPS) is 33.6. The van der Waals surface area contributed by atoms with E-state index in [0.29, 0.717) is 12.5 Å². The molecule has 30 heavy (non-hydrogen) atoms. The maximum Gasteiger partial charge on any atom is 0.221 e. The number of halogens is 1. The Morgan fingerprint density at radius 1 is 1.20 bits per heavy atom. The second-order valence-electron chi connectivity index (χ2n) is 8.76. The molecule has 4 rings (SSSR count). The zero-order valence-electron chi connectivity index (χ0n) is 17.0. The Bertz CT molecular complexity index is 784. The fourth-order valence-electron chi connectivity index (χ4n) is 4.97. The Hall–Kier alpha value is -1.64. The van der Waals surface area contributed by atoms with Gasteiger partial charge in [-0.3, -0.25) is 9.79 Å². The zero-order chi connectivity index (χ0) is 21.3. The van der Waals surface area contributed by atoms with Crippen LogP contribution in [0.5, 0.6) is 0 Å². The molecule has 1 aromatic rings.